The molecule has 0 radical (unpaired) electrons. The van der Waals surface area contributed by atoms with Crippen LogP contribution in [0.2, 0.25) is 0 Å². The van der Waals surface area contributed by atoms with Crippen LogP contribution < -0.4 is 0 Å². The van der Waals surface area contributed by atoms with Gasteiger partial charge >= 0.3 is 0 Å². The van der Waals surface area contributed by atoms with Crippen molar-refractivity contribution in [3.8, 4) is 0 Å². The van der Waals surface area contributed by atoms with Gasteiger partial charge in [-0.1, -0.05) is 24.3 Å². The highest BCUT2D eigenvalue weighted by Crippen LogP contribution is 2.23. The minimum absolute atomic E-state index is 0.0989. The molecule has 0 spiro atoms. The lowest BCUT2D eigenvalue weighted by Gasteiger charge is -2.09. The van der Waals surface area contributed by atoms with E-state index in [9.17, 15) is 9.18 Å². The van der Waals surface area contributed by atoms with E-state index in [0.29, 0.717) is 10.0 Å². The van der Waals surface area contributed by atoms with Gasteiger partial charge in [-0.05, 0) is 53.0 Å². The first-order chi connectivity index (χ1) is 8.52. The van der Waals surface area contributed by atoms with Crippen molar-refractivity contribution in [1.82, 2.24) is 0 Å². The zero-order valence-electron chi connectivity index (χ0n) is 10.1. The lowest BCUT2D eigenvalue weighted by atomic mass is 9.95. The van der Waals surface area contributed by atoms with Crippen molar-refractivity contribution in [2.75, 3.05) is 0 Å². The number of carbonyl (C=O) groups is 1. The Hall–Kier alpha value is -1.48. The molecule has 0 heterocycles. The Morgan fingerprint density at radius 2 is 1.61 bits per heavy atom. The van der Waals surface area contributed by atoms with E-state index in [1.54, 1.807) is 12.1 Å². The molecule has 0 aliphatic heterocycles. The van der Waals surface area contributed by atoms with E-state index in [4.69, 9.17) is 0 Å². The maximum atomic E-state index is 13.9. The summed E-state index contributed by atoms with van der Waals surface area (Å²) in [5.41, 5.74) is 2.40. The second-order valence-corrected chi connectivity index (χ2v) is 5.05. The molecule has 0 amide bonds. The van der Waals surface area contributed by atoms with Crippen LogP contribution in [0, 0.1) is 19.7 Å². The second-order valence-electron chi connectivity index (χ2n) is 4.20. The first-order valence-electron chi connectivity index (χ1n) is 5.57. The molecule has 0 saturated carbocycles. The number of benzene rings is 2. The first kappa shape index (κ1) is 13.0. The molecule has 1 nitrogen and oxygen atoms in total. The van der Waals surface area contributed by atoms with Crippen LogP contribution in [0.25, 0.3) is 0 Å². The molecule has 0 atom stereocenters. The summed E-state index contributed by atoms with van der Waals surface area (Å²) in [6.45, 7) is 3.71. The Kier molecular flexibility index (Phi) is 3.62. The number of rotatable bonds is 2. The summed E-state index contributed by atoms with van der Waals surface area (Å²) in [5, 5.41) is 0. The second kappa shape index (κ2) is 5.02. The summed E-state index contributed by atoms with van der Waals surface area (Å²) in [6, 6.07) is 10.4. The van der Waals surface area contributed by atoms with Gasteiger partial charge in [0.15, 0.2) is 5.78 Å². The van der Waals surface area contributed by atoms with Gasteiger partial charge in [-0.3, -0.25) is 4.79 Å². The monoisotopic (exact) mass is 306 g/mol. The van der Waals surface area contributed by atoms with Gasteiger partial charge in [0.2, 0.25) is 0 Å². The molecular formula is C15H12BrFO. The predicted molar refractivity (Wildman–Crippen MR) is 73.4 cm³/mol. The van der Waals surface area contributed by atoms with Crippen molar-refractivity contribution in [2.24, 2.45) is 0 Å². The zero-order chi connectivity index (χ0) is 13.3. The van der Waals surface area contributed by atoms with Crippen molar-refractivity contribution < 1.29 is 9.18 Å². The number of hydrogen-bond acceptors (Lipinski definition) is 1. The smallest absolute Gasteiger partial charge is 0.196 e. The number of halogens is 2. The highest BCUT2D eigenvalue weighted by Gasteiger charge is 2.18. The molecule has 0 aliphatic rings. The normalized spacial score (nSPS) is 10.4. The lowest BCUT2D eigenvalue weighted by molar-refractivity contribution is 0.103. The summed E-state index contributed by atoms with van der Waals surface area (Å²) < 4.78 is 14.2. The van der Waals surface area contributed by atoms with Gasteiger partial charge in [0.1, 0.15) is 5.82 Å². The zero-order valence-corrected chi connectivity index (χ0v) is 11.7. The van der Waals surface area contributed by atoms with Gasteiger partial charge in [0, 0.05) is 5.56 Å². The van der Waals surface area contributed by atoms with Gasteiger partial charge in [-0.2, -0.15) is 0 Å². The van der Waals surface area contributed by atoms with Crippen LogP contribution in [0.1, 0.15) is 27.0 Å². The van der Waals surface area contributed by atoms with E-state index in [1.807, 2.05) is 32.0 Å². The molecule has 2 aromatic carbocycles. The predicted octanol–water partition coefficient (Wildman–Crippen LogP) is 4.44. The van der Waals surface area contributed by atoms with Crippen LogP contribution >= 0.6 is 15.9 Å². The van der Waals surface area contributed by atoms with E-state index in [2.05, 4.69) is 15.9 Å². The van der Waals surface area contributed by atoms with Crippen LogP contribution in [-0.4, -0.2) is 5.78 Å². The lowest BCUT2D eigenvalue weighted by Crippen LogP contribution is -2.08. The summed E-state index contributed by atoms with van der Waals surface area (Å²) in [4.78, 5) is 12.4. The highest BCUT2D eigenvalue weighted by molar-refractivity contribution is 9.10. The van der Waals surface area contributed by atoms with Crippen LogP contribution in [0.4, 0.5) is 4.39 Å². The molecule has 92 valence electrons. The average Bonchev–Trinajstić information content (AvgIpc) is 2.32. The van der Waals surface area contributed by atoms with Gasteiger partial charge in [0.05, 0.1) is 10.0 Å². The Morgan fingerprint density at radius 3 is 2.22 bits per heavy atom. The van der Waals surface area contributed by atoms with E-state index in [-0.39, 0.29) is 11.3 Å². The summed E-state index contributed by atoms with van der Waals surface area (Å²) >= 11 is 3.10. The fraction of sp³-hybridized carbons (Fsp3) is 0.133. The topological polar surface area (TPSA) is 17.1 Å². The van der Waals surface area contributed by atoms with Crippen molar-refractivity contribution in [3.63, 3.8) is 0 Å². The molecule has 0 aromatic heterocycles. The van der Waals surface area contributed by atoms with Gasteiger partial charge < -0.3 is 0 Å². The van der Waals surface area contributed by atoms with Crippen molar-refractivity contribution >= 4 is 21.7 Å². The number of hydrogen-bond donors (Lipinski definition) is 0. The number of ketones is 1. The number of aryl methyl sites for hydroxylation is 2. The summed E-state index contributed by atoms with van der Waals surface area (Å²) in [5.74, 6) is -0.783. The minimum Gasteiger partial charge on any atom is -0.288 e. The van der Waals surface area contributed by atoms with Gasteiger partial charge in [0.25, 0.3) is 0 Å². The number of carbonyl (C=O) groups excluding carboxylic acids is 1. The summed E-state index contributed by atoms with van der Waals surface area (Å²) in [6.07, 6.45) is 0. The molecule has 18 heavy (non-hydrogen) atoms. The molecule has 0 unspecified atom stereocenters. The maximum Gasteiger partial charge on any atom is 0.196 e. The van der Waals surface area contributed by atoms with Gasteiger partial charge in [-0.25, -0.2) is 4.39 Å². The SMILES string of the molecule is Cc1cccc(C)c1C(=O)c1cccc(Br)c1F. The van der Waals surface area contributed by atoms with E-state index < -0.39 is 5.82 Å². The van der Waals surface area contributed by atoms with Crippen molar-refractivity contribution in [1.29, 1.82) is 0 Å². The third-order valence-electron chi connectivity index (χ3n) is 2.90. The third-order valence-corrected chi connectivity index (χ3v) is 3.52. The molecule has 2 aromatic rings. The molecule has 0 fully saturated rings. The molecule has 0 saturated heterocycles. The van der Waals surface area contributed by atoms with E-state index >= 15 is 0 Å². The average molecular weight is 307 g/mol. The van der Waals surface area contributed by atoms with E-state index in [1.165, 1.54) is 6.07 Å². The first-order valence-corrected chi connectivity index (χ1v) is 6.36. The largest absolute Gasteiger partial charge is 0.288 e. The third kappa shape index (κ3) is 2.23. The fourth-order valence-corrected chi connectivity index (χ4v) is 2.35. The highest BCUT2D eigenvalue weighted by atomic mass is 79.9. The Labute approximate surface area is 114 Å². The molecule has 3 heteroatoms. The van der Waals surface area contributed by atoms with Crippen molar-refractivity contribution in [3.05, 3.63) is 68.9 Å². The minimum atomic E-state index is -0.509. The van der Waals surface area contributed by atoms with Crippen LogP contribution in [0.15, 0.2) is 40.9 Å². The van der Waals surface area contributed by atoms with Crippen LogP contribution in [0.5, 0.6) is 0 Å². The van der Waals surface area contributed by atoms with Crippen molar-refractivity contribution in [2.45, 2.75) is 13.8 Å². The molecule has 2 rings (SSSR count). The Bertz CT molecular complexity index is 600. The van der Waals surface area contributed by atoms with Gasteiger partial charge in [-0.15, -0.1) is 0 Å². The summed E-state index contributed by atoms with van der Waals surface area (Å²) in [7, 11) is 0. The van der Waals surface area contributed by atoms with E-state index in [0.717, 1.165) is 11.1 Å². The Morgan fingerprint density at radius 1 is 1.06 bits per heavy atom. The maximum absolute atomic E-state index is 13.9. The van der Waals surface area contributed by atoms with Crippen LogP contribution in [-0.2, 0) is 0 Å². The quantitative estimate of drug-likeness (QED) is 0.750. The Balaban J connectivity index is 2.59. The molecule has 0 N–H and O–H groups in total. The molecule has 0 aliphatic carbocycles. The molecule has 0 bridgehead atoms. The van der Waals surface area contributed by atoms with Crippen LogP contribution in [0.3, 0.4) is 0 Å². The standard InChI is InChI=1S/C15H12BrFO/c1-9-5-3-6-10(2)13(9)15(18)11-7-4-8-12(16)14(11)17/h3-8H,1-2H3. The molecular weight excluding hydrogens is 295 g/mol. The fourth-order valence-electron chi connectivity index (χ4n) is 1.99.